The van der Waals surface area contributed by atoms with Crippen LogP contribution in [0.3, 0.4) is 0 Å². The molecule has 0 spiro atoms. The maximum atomic E-state index is 12.3. The Morgan fingerprint density at radius 2 is 2.14 bits per heavy atom. The summed E-state index contributed by atoms with van der Waals surface area (Å²) in [4.78, 5) is 0. The van der Waals surface area contributed by atoms with E-state index in [9.17, 15) is 16.8 Å². The second-order valence-electron chi connectivity index (χ2n) is 5.77. The van der Waals surface area contributed by atoms with Crippen LogP contribution in [0.4, 0.5) is 0 Å². The summed E-state index contributed by atoms with van der Waals surface area (Å²) in [5.74, 6) is 0.525. The third-order valence-electron chi connectivity index (χ3n) is 3.98. The molecule has 1 saturated carbocycles. The first-order valence-corrected chi connectivity index (χ1v) is 10.4. The van der Waals surface area contributed by atoms with Crippen molar-refractivity contribution in [2.24, 2.45) is 7.05 Å². The first-order valence-electron chi connectivity index (χ1n) is 7.31. The third-order valence-corrected chi connectivity index (χ3v) is 7.46. The van der Waals surface area contributed by atoms with Crippen LogP contribution in [0.15, 0.2) is 11.1 Å². The Morgan fingerprint density at radius 1 is 1.41 bits per heavy atom. The van der Waals surface area contributed by atoms with Gasteiger partial charge in [-0.3, -0.25) is 4.68 Å². The number of aromatic nitrogens is 2. The van der Waals surface area contributed by atoms with Crippen molar-refractivity contribution in [1.82, 2.24) is 18.8 Å². The van der Waals surface area contributed by atoms with Crippen LogP contribution in [0.2, 0.25) is 0 Å². The molecule has 1 aromatic heterocycles. The molecule has 2 heterocycles. The van der Waals surface area contributed by atoms with Gasteiger partial charge < -0.3 is 0 Å². The van der Waals surface area contributed by atoms with E-state index in [0.717, 1.165) is 18.5 Å². The van der Waals surface area contributed by atoms with Crippen LogP contribution in [0.1, 0.15) is 30.9 Å². The van der Waals surface area contributed by atoms with Crippen molar-refractivity contribution >= 4 is 20.0 Å². The quantitative estimate of drug-likeness (QED) is 0.754. The molecule has 124 valence electrons. The number of hydrogen-bond donors (Lipinski definition) is 1. The van der Waals surface area contributed by atoms with Crippen molar-refractivity contribution in [3.8, 4) is 0 Å². The van der Waals surface area contributed by atoms with Crippen molar-refractivity contribution in [3.05, 3.63) is 11.8 Å². The molecule has 3 rings (SSSR count). The summed E-state index contributed by atoms with van der Waals surface area (Å²) in [6.07, 6.45) is 2.70. The average Bonchev–Trinajstić information content (AvgIpc) is 3.11. The van der Waals surface area contributed by atoms with Gasteiger partial charge in [-0.2, -0.15) is 5.10 Å². The van der Waals surface area contributed by atoms with Gasteiger partial charge in [0.1, 0.15) is 0 Å². The van der Waals surface area contributed by atoms with Gasteiger partial charge in [-0.1, -0.05) is 0 Å². The molecular formula is C12H20N4O4S2. The predicted octanol–water partition coefficient (Wildman–Crippen LogP) is -0.389. The van der Waals surface area contributed by atoms with E-state index >= 15 is 0 Å². The Labute approximate surface area is 130 Å². The molecule has 0 unspecified atom stereocenters. The van der Waals surface area contributed by atoms with Crippen LogP contribution in [-0.4, -0.2) is 56.3 Å². The first kappa shape index (κ1) is 15.9. The second kappa shape index (κ2) is 5.59. The fourth-order valence-electron chi connectivity index (χ4n) is 2.62. The van der Waals surface area contributed by atoms with E-state index < -0.39 is 20.0 Å². The summed E-state index contributed by atoms with van der Waals surface area (Å²) in [6.45, 7) is 0.683. The van der Waals surface area contributed by atoms with Crippen molar-refractivity contribution in [2.75, 3.05) is 25.4 Å². The van der Waals surface area contributed by atoms with E-state index in [1.54, 1.807) is 13.1 Å². The van der Waals surface area contributed by atoms with Gasteiger partial charge in [-0.25, -0.2) is 25.9 Å². The molecule has 8 nitrogen and oxygen atoms in total. The molecule has 0 aromatic carbocycles. The molecule has 0 amide bonds. The molecule has 1 aromatic rings. The van der Waals surface area contributed by atoms with Crippen LogP contribution in [0.5, 0.6) is 0 Å². The molecule has 1 aliphatic heterocycles. The minimum absolute atomic E-state index is 0.0610. The molecule has 10 heteroatoms. The monoisotopic (exact) mass is 348 g/mol. The first-order chi connectivity index (χ1) is 10.3. The van der Waals surface area contributed by atoms with Gasteiger partial charge in [0.05, 0.1) is 11.4 Å². The molecule has 0 atom stereocenters. The van der Waals surface area contributed by atoms with E-state index in [2.05, 4.69) is 9.82 Å². The number of hydrogen-bond acceptors (Lipinski definition) is 5. The van der Waals surface area contributed by atoms with Crippen LogP contribution >= 0.6 is 0 Å². The topological polar surface area (TPSA) is 101 Å². The highest BCUT2D eigenvalue weighted by atomic mass is 32.2. The SMILES string of the molecule is Cn1nc(C2CC2)cc1S(=O)(=O)NCCN1CCCS1(=O)=O. The van der Waals surface area contributed by atoms with Crippen LogP contribution in [0, 0.1) is 0 Å². The van der Waals surface area contributed by atoms with Crippen molar-refractivity contribution < 1.29 is 16.8 Å². The van der Waals surface area contributed by atoms with E-state index in [0.29, 0.717) is 18.9 Å². The molecule has 2 fully saturated rings. The molecule has 1 aliphatic carbocycles. The molecule has 1 N–H and O–H groups in total. The summed E-state index contributed by atoms with van der Waals surface area (Å²) >= 11 is 0. The Morgan fingerprint density at radius 3 is 2.73 bits per heavy atom. The van der Waals surface area contributed by atoms with Crippen LogP contribution < -0.4 is 4.72 Å². The lowest BCUT2D eigenvalue weighted by Crippen LogP contribution is -2.36. The maximum Gasteiger partial charge on any atom is 0.257 e. The van der Waals surface area contributed by atoms with Gasteiger partial charge in [-0.05, 0) is 19.3 Å². The smallest absolute Gasteiger partial charge is 0.256 e. The highest BCUT2D eigenvalue weighted by Gasteiger charge is 2.31. The van der Waals surface area contributed by atoms with Gasteiger partial charge >= 0.3 is 0 Å². The predicted molar refractivity (Wildman–Crippen MR) is 80.3 cm³/mol. The van der Waals surface area contributed by atoms with Gasteiger partial charge in [-0.15, -0.1) is 0 Å². The van der Waals surface area contributed by atoms with Crippen molar-refractivity contribution in [3.63, 3.8) is 0 Å². The Hall–Kier alpha value is -0.970. The minimum atomic E-state index is -3.68. The van der Waals surface area contributed by atoms with Gasteiger partial charge in [0.15, 0.2) is 5.03 Å². The number of nitrogens with one attached hydrogen (secondary N) is 1. The third kappa shape index (κ3) is 3.19. The summed E-state index contributed by atoms with van der Waals surface area (Å²) in [5.41, 5.74) is 0.810. The average molecular weight is 348 g/mol. The van der Waals surface area contributed by atoms with E-state index in [4.69, 9.17) is 0 Å². The zero-order chi connectivity index (χ0) is 16.0. The highest BCUT2D eigenvalue weighted by Crippen LogP contribution is 2.39. The maximum absolute atomic E-state index is 12.3. The molecule has 2 aliphatic rings. The Balaban J connectivity index is 1.64. The summed E-state index contributed by atoms with van der Waals surface area (Å²) < 4.78 is 53.1. The van der Waals surface area contributed by atoms with Crippen LogP contribution in [-0.2, 0) is 27.1 Å². The Kier molecular flexibility index (Phi) is 4.04. The van der Waals surface area contributed by atoms with E-state index in [1.807, 2.05) is 0 Å². The second-order valence-corrected chi connectivity index (χ2v) is 9.57. The highest BCUT2D eigenvalue weighted by molar-refractivity contribution is 7.89. The summed E-state index contributed by atoms with van der Waals surface area (Å²) in [7, 11) is -5.27. The van der Waals surface area contributed by atoms with Gasteiger partial charge in [0.25, 0.3) is 10.0 Å². The number of sulfonamides is 2. The van der Waals surface area contributed by atoms with E-state index in [-0.39, 0.29) is 23.9 Å². The zero-order valence-electron chi connectivity index (χ0n) is 12.4. The van der Waals surface area contributed by atoms with E-state index in [1.165, 1.54) is 8.99 Å². The molecule has 0 radical (unpaired) electrons. The number of rotatable bonds is 6. The number of nitrogens with zero attached hydrogens (tertiary/aromatic N) is 3. The van der Waals surface area contributed by atoms with Crippen molar-refractivity contribution in [1.29, 1.82) is 0 Å². The van der Waals surface area contributed by atoms with Gasteiger partial charge in [0.2, 0.25) is 10.0 Å². The lowest BCUT2D eigenvalue weighted by Gasteiger charge is -2.14. The van der Waals surface area contributed by atoms with Gasteiger partial charge in [0, 0.05) is 38.7 Å². The zero-order valence-corrected chi connectivity index (χ0v) is 14.0. The largest absolute Gasteiger partial charge is 0.257 e. The fraction of sp³-hybridized carbons (Fsp3) is 0.750. The summed E-state index contributed by atoms with van der Waals surface area (Å²) in [6, 6.07) is 1.60. The van der Waals surface area contributed by atoms with Crippen LogP contribution in [0.25, 0.3) is 0 Å². The Bertz CT molecular complexity index is 765. The molecule has 22 heavy (non-hydrogen) atoms. The summed E-state index contributed by atoms with van der Waals surface area (Å²) in [5, 5.41) is 4.36. The fourth-order valence-corrected chi connectivity index (χ4v) is 5.32. The minimum Gasteiger partial charge on any atom is -0.256 e. The van der Waals surface area contributed by atoms with Crippen molar-refractivity contribution in [2.45, 2.75) is 30.2 Å². The molecule has 1 saturated heterocycles. The lowest BCUT2D eigenvalue weighted by molar-refractivity contribution is 0.444. The molecule has 0 bridgehead atoms. The lowest BCUT2D eigenvalue weighted by atomic mass is 10.3. The normalized spacial score (nSPS) is 22.2. The standard InChI is InChI=1S/C12H20N4O4S2/c1-15-12(9-11(14-15)10-3-4-10)22(19,20)13-5-7-16-6-2-8-21(16,17)18/h9-10,13H,2-8H2,1H3. The molecular weight excluding hydrogens is 328 g/mol. The number of aryl methyl sites for hydroxylation is 1.